The van der Waals surface area contributed by atoms with Crippen LogP contribution in [0.2, 0.25) is 0 Å². The van der Waals surface area contributed by atoms with Gasteiger partial charge < -0.3 is 10.1 Å². The third-order valence-corrected chi connectivity index (χ3v) is 4.08. The van der Waals surface area contributed by atoms with Crippen LogP contribution >= 0.6 is 0 Å². The minimum absolute atomic E-state index is 0.00939. The molecule has 25 heavy (non-hydrogen) atoms. The molecule has 1 aromatic carbocycles. The molecule has 0 saturated heterocycles. The molecule has 0 aliphatic carbocycles. The number of benzene rings is 1. The minimum Gasteiger partial charge on any atom is -0.478 e. The van der Waals surface area contributed by atoms with E-state index in [1.807, 2.05) is 6.92 Å². The fourth-order valence-corrected chi connectivity index (χ4v) is 2.79. The van der Waals surface area contributed by atoms with Gasteiger partial charge >= 0.3 is 5.97 Å². The van der Waals surface area contributed by atoms with Crippen molar-refractivity contribution in [1.82, 2.24) is 9.55 Å². The average Bonchev–Trinajstić information content (AvgIpc) is 2.58. The summed E-state index contributed by atoms with van der Waals surface area (Å²) >= 11 is 0. The highest BCUT2D eigenvalue weighted by Gasteiger charge is 2.11. The number of aromatic amines is 1. The van der Waals surface area contributed by atoms with Gasteiger partial charge in [0.2, 0.25) is 0 Å². The highest BCUT2D eigenvalue weighted by Crippen LogP contribution is 2.16. The minimum atomic E-state index is -1.13. The molecule has 0 saturated carbocycles. The summed E-state index contributed by atoms with van der Waals surface area (Å²) in [5.41, 5.74) is 1.96. The molecular weight excluding hydrogens is 320 g/mol. The second kappa shape index (κ2) is 6.24. The van der Waals surface area contributed by atoms with Gasteiger partial charge in [0.1, 0.15) is 0 Å². The van der Waals surface area contributed by atoms with E-state index in [0.717, 1.165) is 5.69 Å². The van der Waals surface area contributed by atoms with Crippen LogP contribution in [0.15, 0.2) is 58.8 Å². The van der Waals surface area contributed by atoms with Gasteiger partial charge in [0, 0.05) is 40.1 Å². The number of fused-ring (bicyclic) bond motifs is 1. The van der Waals surface area contributed by atoms with Gasteiger partial charge in [-0.25, -0.2) is 4.79 Å². The smallest absolute Gasteiger partial charge is 0.337 e. The number of hydrogen-bond donors (Lipinski definition) is 2. The number of carbonyl (C=O) groups is 1. The zero-order valence-electron chi connectivity index (χ0n) is 13.6. The monoisotopic (exact) mass is 336 g/mol. The van der Waals surface area contributed by atoms with Crippen molar-refractivity contribution in [2.45, 2.75) is 13.3 Å². The van der Waals surface area contributed by atoms with Gasteiger partial charge in [0.15, 0.2) is 5.43 Å². The van der Waals surface area contributed by atoms with Crippen molar-refractivity contribution in [2.75, 3.05) is 0 Å². The van der Waals surface area contributed by atoms with Gasteiger partial charge in [0.25, 0.3) is 5.56 Å². The lowest BCUT2D eigenvalue weighted by Gasteiger charge is -2.10. The van der Waals surface area contributed by atoms with Crippen LogP contribution in [0.4, 0.5) is 0 Å². The highest BCUT2D eigenvalue weighted by atomic mass is 16.4. The van der Waals surface area contributed by atoms with Gasteiger partial charge in [-0.15, -0.1) is 6.58 Å². The zero-order chi connectivity index (χ0) is 18.1. The standard InChI is InChI=1S/C19H16N2O4/c1-3-4-14-11(2)20-16-7-6-13(9-15(16)18(14)23)21-10-12(19(24)25)5-8-17(21)22/h3,5-10H,1,4H2,2H3,(H,20,23)(H,24,25). The first-order valence-corrected chi connectivity index (χ1v) is 7.65. The predicted octanol–water partition coefficient (Wildman–Crippen LogP) is 2.41. The fraction of sp³-hybridized carbons (Fsp3) is 0.105. The molecule has 2 aromatic heterocycles. The Kier molecular flexibility index (Phi) is 4.10. The largest absolute Gasteiger partial charge is 0.478 e. The summed E-state index contributed by atoms with van der Waals surface area (Å²) in [6.45, 7) is 5.50. The number of carboxylic acid groups (broad SMARTS) is 1. The highest BCUT2D eigenvalue weighted by molar-refractivity contribution is 5.87. The fourth-order valence-electron chi connectivity index (χ4n) is 2.79. The molecule has 0 bridgehead atoms. The van der Waals surface area contributed by atoms with Crippen LogP contribution in [-0.2, 0) is 6.42 Å². The Morgan fingerprint density at radius 2 is 2.04 bits per heavy atom. The van der Waals surface area contributed by atoms with Gasteiger partial charge in [-0.1, -0.05) is 6.08 Å². The lowest BCUT2D eigenvalue weighted by Crippen LogP contribution is -2.19. The van der Waals surface area contributed by atoms with E-state index >= 15 is 0 Å². The van der Waals surface area contributed by atoms with Crippen molar-refractivity contribution in [2.24, 2.45) is 0 Å². The zero-order valence-corrected chi connectivity index (χ0v) is 13.6. The third kappa shape index (κ3) is 2.89. The first-order valence-electron chi connectivity index (χ1n) is 7.65. The van der Waals surface area contributed by atoms with E-state index in [-0.39, 0.29) is 16.6 Å². The van der Waals surface area contributed by atoms with Crippen LogP contribution < -0.4 is 11.0 Å². The van der Waals surface area contributed by atoms with E-state index in [9.17, 15) is 14.4 Å². The van der Waals surface area contributed by atoms with Gasteiger partial charge in [-0.3, -0.25) is 14.2 Å². The summed E-state index contributed by atoms with van der Waals surface area (Å²) in [4.78, 5) is 39.2. The second-order valence-electron chi connectivity index (χ2n) is 5.71. The number of nitrogens with one attached hydrogen (secondary N) is 1. The Labute approximate surface area is 142 Å². The number of aromatic nitrogens is 2. The lowest BCUT2D eigenvalue weighted by molar-refractivity contribution is 0.0696. The molecule has 6 nitrogen and oxygen atoms in total. The van der Waals surface area contributed by atoms with Gasteiger partial charge in [0.05, 0.1) is 5.56 Å². The number of aryl methyl sites for hydroxylation is 1. The van der Waals surface area contributed by atoms with Crippen LogP contribution in [0.5, 0.6) is 0 Å². The van der Waals surface area contributed by atoms with Crippen molar-refractivity contribution in [3.05, 3.63) is 86.6 Å². The van der Waals surface area contributed by atoms with Crippen molar-refractivity contribution >= 4 is 16.9 Å². The van der Waals surface area contributed by atoms with Crippen LogP contribution in [0.25, 0.3) is 16.6 Å². The quantitative estimate of drug-likeness (QED) is 0.716. The normalized spacial score (nSPS) is 10.8. The summed E-state index contributed by atoms with van der Waals surface area (Å²) in [7, 11) is 0. The van der Waals surface area contributed by atoms with E-state index in [1.165, 1.54) is 22.9 Å². The van der Waals surface area contributed by atoms with E-state index in [4.69, 9.17) is 5.11 Å². The molecule has 0 spiro atoms. The van der Waals surface area contributed by atoms with E-state index in [2.05, 4.69) is 11.6 Å². The maximum Gasteiger partial charge on any atom is 0.337 e. The molecule has 2 heterocycles. The SMILES string of the molecule is C=CCc1c(C)[nH]c2ccc(-n3cc(C(=O)O)ccc3=O)cc2c1=O. The van der Waals surface area contributed by atoms with Crippen LogP contribution in [0.3, 0.4) is 0 Å². The molecule has 126 valence electrons. The Hall–Kier alpha value is -3.41. The van der Waals surface area contributed by atoms with E-state index < -0.39 is 5.97 Å². The summed E-state index contributed by atoms with van der Waals surface area (Å²) < 4.78 is 1.22. The van der Waals surface area contributed by atoms with Crippen molar-refractivity contribution in [1.29, 1.82) is 0 Å². The number of allylic oxidation sites excluding steroid dienone is 1. The number of hydrogen-bond acceptors (Lipinski definition) is 3. The number of nitrogens with zero attached hydrogens (tertiary/aromatic N) is 1. The number of H-pyrrole nitrogens is 1. The second-order valence-corrected chi connectivity index (χ2v) is 5.71. The first kappa shape index (κ1) is 16.4. The third-order valence-electron chi connectivity index (χ3n) is 4.08. The Morgan fingerprint density at radius 1 is 1.28 bits per heavy atom. The number of rotatable bonds is 4. The number of carboxylic acids is 1. The maximum absolute atomic E-state index is 12.7. The van der Waals surface area contributed by atoms with Crippen molar-refractivity contribution < 1.29 is 9.90 Å². The van der Waals surface area contributed by atoms with E-state index in [0.29, 0.717) is 28.6 Å². The summed E-state index contributed by atoms with van der Waals surface area (Å²) in [5.74, 6) is -1.13. The Balaban J connectivity index is 2.28. The molecule has 2 N–H and O–H groups in total. The average molecular weight is 336 g/mol. The van der Waals surface area contributed by atoms with Crippen molar-refractivity contribution in [3.8, 4) is 5.69 Å². The molecular formula is C19H16N2O4. The molecule has 3 rings (SSSR count). The van der Waals surface area contributed by atoms with Gasteiger partial charge in [-0.05, 0) is 37.6 Å². The molecule has 0 atom stereocenters. The summed E-state index contributed by atoms with van der Waals surface area (Å²) in [6, 6.07) is 7.40. The van der Waals surface area contributed by atoms with Gasteiger partial charge in [-0.2, -0.15) is 0 Å². The topological polar surface area (TPSA) is 92.2 Å². The molecule has 0 fully saturated rings. The molecule has 6 heteroatoms. The molecule has 0 amide bonds. The maximum atomic E-state index is 12.7. The molecule has 0 unspecified atom stereocenters. The Morgan fingerprint density at radius 3 is 2.72 bits per heavy atom. The Bertz CT molecular complexity index is 1120. The van der Waals surface area contributed by atoms with E-state index in [1.54, 1.807) is 24.3 Å². The lowest BCUT2D eigenvalue weighted by atomic mass is 10.1. The molecule has 0 aliphatic heterocycles. The number of aromatic carboxylic acids is 1. The molecule has 3 aromatic rings. The van der Waals surface area contributed by atoms with Crippen LogP contribution in [0, 0.1) is 6.92 Å². The number of pyridine rings is 2. The first-order chi connectivity index (χ1) is 11.9. The van der Waals surface area contributed by atoms with Crippen LogP contribution in [0.1, 0.15) is 21.6 Å². The summed E-state index contributed by atoms with van der Waals surface area (Å²) in [5, 5.41) is 9.55. The molecule has 0 aliphatic rings. The van der Waals surface area contributed by atoms with Crippen molar-refractivity contribution in [3.63, 3.8) is 0 Å². The predicted molar refractivity (Wildman–Crippen MR) is 95.8 cm³/mol. The molecule has 0 radical (unpaired) electrons. The van der Waals surface area contributed by atoms with Crippen LogP contribution in [-0.4, -0.2) is 20.6 Å². The summed E-state index contributed by atoms with van der Waals surface area (Å²) in [6.07, 6.45) is 3.35.